The van der Waals surface area contributed by atoms with Gasteiger partial charge in [0, 0.05) is 22.7 Å². The summed E-state index contributed by atoms with van der Waals surface area (Å²) in [4.78, 5) is 1.83. The van der Waals surface area contributed by atoms with Crippen molar-refractivity contribution >= 4 is 11.6 Å². The Kier molecular flexibility index (Phi) is 4.97. The lowest BCUT2D eigenvalue weighted by Crippen LogP contribution is -2.63. The first-order chi connectivity index (χ1) is 15.8. The van der Waals surface area contributed by atoms with Crippen LogP contribution in [0.3, 0.4) is 0 Å². The van der Waals surface area contributed by atoms with Crippen LogP contribution in [0, 0.1) is 16.7 Å². The molecule has 172 valence electrons. The van der Waals surface area contributed by atoms with E-state index in [4.69, 9.17) is 21.8 Å². The van der Waals surface area contributed by atoms with Crippen molar-refractivity contribution in [2.45, 2.75) is 71.0 Å². The molecule has 0 aliphatic heterocycles. The molecule has 7 rings (SSSR count). The van der Waals surface area contributed by atoms with Crippen LogP contribution in [0.2, 0.25) is 5.02 Å². The molecule has 0 amide bonds. The normalized spacial score (nSPS) is 32.4. The number of rotatable bonds is 6. The molecule has 4 aliphatic rings. The molecule has 0 radical (unpaired) electrons. The van der Waals surface area contributed by atoms with E-state index in [0.29, 0.717) is 17.4 Å². The van der Waals surface area contributed by atoms with Crippen LogP contribution >= 0.6 is 11.6 Å². The topological polar surface area (TPSA) is 42.7 Å². The summed E-state index contributed by atoms with van der Waals surface area (Å²) in [6, 6.07) is 18.4. The molecule has 5 heteroatoms. The fourth-order valence-corrected chi connectivity index (χ4v) is 8.32. The summed E-state index contributed by atoms with van der Waals surface area (Å²) in [5.74, 6) is 0.871. The molecule has 0 saturated heterocycles. The van der Waals surface area contributed by atoms with Gasteiger partial charge in [0.25, 0.3) is 0 Å². The third kappa shape index (κ3) is 4.13. The average molecular weight is 461 g/mol. The van der Waals surface area contributed by atoms with E-state index < -0.39 is 0 Å². The molecule has 4 bridgehead atoms. The van der Waals surface area contributed by atoms with Gasteiger partial charge in [-0.2, -0.15) is 15.0 Å². The molecular formula is C28H33ClN4. The number of halogens is 1. The van der Waals surface area contributed by atoms with Gasteiger partial charge >= 0.3 is 0 Å². The second-order valence-corrected chi connectivity index (χ2v) is 12.2. The highest BCUT2D eigenvalue weighted by atomic mass is 35.5. The second kappa shape index (κ2) is 7.68. The Labute approximate surface area is 201 Å². The number of hydrogen-bond acceptors (Lipinski definition) is 3. The Morgan fingerprint density at radius 2 is 1.70 bits per heavy atom. The number of nitrogens with one attached hydrogen (secondary N) is 1. The molecule has 0 spiro atoms. The van der Waals surface area contributed by atoms with Crippen molar-refractivity contribution in [2.24, 2.45) is 16.7 Å². The Balaban J connectivity index is 1.29. The Morgan fingerprint density at radius 3 is 2.39 bits per heavy atom. The molecule has 33 heavy (non-hydrogen) atoms. The van der Waals surface area contributed by atoms with Crippen LogP contribution in [0.1, 0.15) is 63.6 Å². The molecule has 2 aromatic carbocycles. The van der Waals surface area contributed by atoms with Gasteiger partial charge in [0.15, 0.2) is 0 Å². The number of nitrogens with zero attached hydrogens (tertiary/aromatic N) is 3. The summed E-state index contributed by atoms with van der Waals surface area (Å²) in [7, 11) is 0. The van der Waals surface area contributed by atoms with Gasteiger partial charge in [-0.15, -0.1) is 0 Å². The van der Waals surface area contributed by atoms with E-state index >= 15 is 0 Å². The van der Waals surface area contributed by atoms with Crippen LogP contribution in [0.15, 0.2) is 54.6 Å². The first kappa shape index (κ1) is 21.4. The molecule has 1 N–H and O–H groups in total. The maximum atomic E-state index is 6.21. The average Bonchev–Trinajstić information content (AvgIpc) is 3.13. The summed E-state index contributed by atoms with van der Waals surface area (Å²) < 4.78 is 0. The van der Waals surface area contributed by atoms with E-state index in [9.17, 15) is 0 Å². The van der Waals surface area contributed by atoms with Crippen molar-refractivity contribution < 1.29 is 0 Å². The second-order valence-electron chi connectivity index (χ2n) is 11.8. The molecular weight excluding hydrogens is 428 g/mol. The van der Waals surface area contributed by atoms with Gasteiger partial charge in [-0.25, -0.2) is 0 Å². The molecule has 4 fully saturated rings. The summed E-state index contributed by atoms with van der Waals surface area (Å²) in [6.07, 6.45) is 8.13. The molecule has 4 nitrogen and oxygen atoms in total. The number of aromatic nitrogens is 3. The van der Waals surface area contributed by atoms with Gasteiger partial charge in [0.1, 0.15) is 11.4 Å². The van der Waals surface area contributed by atoms with Gasteiger partial charge in [-0.05, 0) is 73.0 Å². The van der Waals surface area contributed by atoms with E-state index in [1.165, 1.54) is 38.5 Å². The Bertz CT molecular complexity index is 1150. The predicted molar refractivity (Wildman–Crippen MR) is 133 cm³/mol. The quantitative estimate of drug-likeness (QED) is 0.457. The first-order valence-electron chi connectivity index (χ1n) is 12.3. The fraction of sp³-hybridized carbons (Fsp3) is 0.500. The van der Waals surface area contributed by atoms with Gasteiger partial charge in [0.2, 0.25) is 0 Å². The molecule has 4 aliphatic carbocycles. The van der Waals surface area contributed by atoms with E-state index in [2.05, 4.69) is 55.6 Å². The summed E-state index contributed by atoms with van der Waals surface area (Å²) in [5.41, 5.74) is 5.48. The fourth-order valence-electron chi connectivity index (χ4n) is 8.11. The summed E-state index contributed by atoms with van der Waals surface area (Å²) in [6.45, 7) is 6.44. The van der Waals surface area contributed by atoms with Crippen molar-refractivity contribution in [1.82, 2.24) is 20.3 Å². The predicted octanol–water partition coefficient (Wildman–Crippen LogP) is 6.49. The molecule has 4 saturated carbocycles. The van der Waals surface area contributed by atoms with E-state index in [-0.39, 0.29) is 5.54 Å². The minimum atomic E-state index is 0.244. The molecule has 2 unspecified atom stereocenters. The first-order valence-corrected chi connectivity index (χ1v) is 12.7. The lowest BCUT2D eigenvalue weighted by atomic mass is 9.43. The van der Waals surface area contributed by atoms with E-state index in [1.54, 1.807) is 0 Å². The highest BCUT2D eigenvalue weighted by molar-refractivity contribution is 6.30. The van der Waals surface area contributed by atoms with Crippen LogP contribution in [-0.4, -0.2) is 20.5 Å². The van der Waals surface area contributed by atoms with Crippen molar-refractivity contribution in [3.05, 3.63) is 70.9 Å². The largest absolute Gasteiger partial charge is 0.305 e. The third-order valence-electron chi connectivity index (χ3n) is 8.24. The smallest absolute Gasteiger partial charge is 0.117 e. The zero-order chi connectivity index (χ0) is 22.7. The van der Waals surface area contributed by atoms with Crippen LogP contribution in [0.5, 0.6) is 0 Å². The van der Waals surface area contributed by atoms with Crippen molar-refractivity contribution in [3.8, 4) is 11.3 Å². The van der Waals surface area contributed by atoms with Crippen LogP contribution in [-0.2, 0) is 13.1 Å². The molecule has 1 heterocycles. The van der Waals surface area contributed by atoms with Crippen LogP contribution in [0.25, 0.3) is 11.3 Å². The molecule has 3 aromatic rings. The lowest BCUT2D eigenvalue weighted by Gasteiger charge is -2.65. The standard InChI is InChI=1S/C28H33ClN4/c1-26-12-21-13-27(2,17-26)19-28(14-21,18-26)30-15-24-25(22-8-4-3-5-9-22)32-33(31-24)16-20-7-6-10-23(29)11-20/h3-11,21,30H,12-19H2,1-2H3/t21?,26-,27+,28?. The monoisotopic (exact) mass is 460 g/mol. The lowest BCUT2D eigenvalue weighted by molar-refractivity contribution is -0.118. The van der Waals surface area contributed by atoms with Gasteiger partial charge in [-0.3, -0.25) is 0 Å². The SMILES string of the molecule is C[C@]12CC3CC(NCc4nn(Cc5cccc(Cl)c5)nc4-c4ccccc4)(C1)C[C@@](C)(C3)C2. The summed E-state index contributed by atoms with van der Waals surface area (Å²) in [5, 5.41) is 14.7. The van der Waals surface area contributed by atoms with Crippen LogP contribution in [0.4, 0.5) is 0 Å². The highest BCUT2D eigenvalue weighted by Gasteiger charge is 2.59. The van der Waals surface area contributed by atoms with Crippen molar-refractivity contribution in [1.29, 1.82) is 0 Å². The van der Waals surface area contributed by atoms with Crippen molar-refractivity contribution in [3.63, 3.8) is 0 Å². The Morgan fingerprint density at radius 1 is 0.939 bits per heavy atom. The summed E-state index contributed by atoms with van der Waals surface area (Å²) >= 11 is 6.21. The van der Waals surface area contributed by atoms with Gasteiger partial charge < -0.3 is 5.32 Å². The van der Waals surface area contributed by atoms with Crippen LogP contribution < -0.4 is 5.32 Å². The minimum Gasteiger partial charge on any atom is -0.305 e. The number of hydrogen-bond donors (Lipinski definition) is 1. The maximum absolute atomic E-state index is 6.21. The Hall–Kier alpha value is -2.17. The van der Waals surface area contributed by atoms with Gasteiger partial charge in [-0.1, -0.05) is 67.9 Å². The number of benzene rings is 2. The highest BCUT2D eigenvalue weighted by Crippen LogP contribution is 2.66. The van der Waals surface area contributed by atoms with E-state index in [0.717, 1.165) is 40.0 Å². The maximum Gasteiger partial charge on any atom is 0.117 e. The van der Waals surface area contributed by atoms with Crippen molar-refractivity contribution in [2.75, 3.05) is 0 Å². The third-order valence-corrected chi connectivity index (χ3v) is 8.48. The minimum absolute atomic E-state index is 0.244. The zero-order valence-corrected chi connectivity index (χ0v) is 20.4. The molecule has 1 aromatic heterocycles. The zero-order valence-electron chi connectivity index (χ0n) is 19.6. The molecule has 4 atom stereocenters. The van der Waals surface area contributed by atoms with E-state index in [1.807, 2.05) is 23.0 Å². The van der Waals surface area contributed by atoms with Gasteiger partial charge in [0.05, 0.1) is 6.54 Å².